The molecule has 10 heteroatoms. The normalized spacial score (nSPS) is 11.7. The fraction of sp³-hybridized carbons (Fsp3) is 0. The van der Waals surface area contributed by atoms with Crippen LogP contribution in [0.1, 0.15) is 0 Å². The van der Waals surface area contributed by atoms with Gasteiger partial charge in [-0.05, 0) is 0 Å². The first-order valence-electron chi connectivity index (χ1n) is 2.16. The topological polar surface area (TPSA) is 135 Å². The van der Waals surface area contributed by atoms with Crippen molar-refractivity contribution in [2.24, 2.45) is 0 Å². The van der Waals surface area contributed by atoms with E-state index >= 15 is 0 Å². The third-order valence-electron chi connectivity index (χ3n) is 0.712. The molecule has 0 rings (SSSR count). The van der Waals surface area contributed by atoms with E-state index < -0.39 is 20.2 Å². The zero-order valence-electron chi connectivity index (χ0n) is 5.02. The van der Waals surface area contributed by atoms with Crippen LogP contribution in [0.15, 0.2) is 11.3 Å². The second-order valence-electron chi connectivity index (χ2n) is 1.58. The average Bonchev–Trinajstić information content (AvgIpc) is 1.56. The van der Waals surface area contributed by atoms with Crippen molar-refractivity contribution in [1.29, 1.82) is 0 Å². The van der Waals surface area contributed by atoms with E-state index in [2.05, 4.69) is 0 Å². The minimum atomic E-state index is -5.05. The zero-order valence-corrected chi connectivity index (χ0v) is 6.81. The molecule has 0 aromatic heterocycles. The number of aliphatic hydroxyl groups is 1. The summed E-state index contributed by atoms with van der Waals surface area (Å²) in [6, 6.07) is 0. The van der Waals surface area contributed by atoms with E-state index in [9.17, 15) is 9.13 Å². The first-order valence-corrected chi connectivity index (χ1v) is 5.38. The van der Waals surface area contributed by atoms with Crippen LogP contribution in [-0.2, 0) is 9.13 Å². The van der Waals surface area contributed by atoms with Crippen LogP contribution < -0.4 is 0 Å². The summed E-state index contributed by atoms with van der Waals surface area (Å²) in [5.74, 6) is 0. The summed E-state index contributed by atoms with van der Waals surface area (Å²) < 4.78 is 20.4. The van der Waals surface area contributed by atoms with Crippen LogP contribution in [0.25, 0.3) is 0 Å². The van der Waals surface area contributed by atoms with Crippen LogP contribution in [-0.4, -0.2) is 54.2 Å². The summed E-state index contributed by atoms with van der Waals surface area (Å²) in [5, 5.41) is 6.47. The molecule has 0 aliphatic heterocycles. The van der Waals surface area contributed by atoms with Gasteiger partial charge in [0, 0.05) is 0 Å². The van der Waals surface area contributed by atoms with Crippen molar-refractivity contribution in [2.45, 2.75) is 0 Å². The third-order valence-corrected chi connectivity index (χ3v) is 3.70. The van der Waals surface area contributed by atoms with Crippen molar-refractivity contribution < 1.29 is 33.8 Å². The SMILES string of the molecule is O=P(O)(O)C(=CO)P(=O)(O)O.[NaH]. The van der Waals surface area contributed by atoms with Gasteiger partial charge in [0.15, 0.2) is 5.06 Å². The quantitative estimate of drug-likeness (QED) is 0.233. The van der Waals surface area contributed by atoms with Crippen LogP contribution in [0.4, 0.5) is 0 Å². The number of aliphatic hydroxyl groups excluding tert-OH is 1. The average molecular weight is 228 g/mol. The third kappa shape index (κ3) is 4.77. The van der Waals surface area contributed by atoms with Crippen LogP contribution in [0.5, 0.6) is 0 Å². The van der Waals surface area contributed by atoms with Crippen LogP contribution in [0.3, 0.4) is 0 Å². The van der Waals surface area contributed by atoms with Gasteiger partial charge < -0.3 is 24.7 Å². The fourth-order valence-electron chi connectivity index (χ4n) is 0.320. The Kier molecular flexibility index (Phi) is 6.26. The first kappa shape index (κ1) is 15.3. The molecule has 12 heavy (non-hydrogen) atoms. The van der Waals surface area contributed by atoms with Gasteiger partial charge in [-0.2, -0.15) is 0 Å². The molecule has 0 spiro atoms. The van der Waals surface area contributed by atoms with Gasteiger partial charge in [-0.25, -0.2) is 0 Å². The molecule has 0 saturated carbocycles. The monoisotopic (exact) mass is 228 g/mol. The van der Waals surface area contributed by atoms with E-state index in [0.29, 0.717) is 0 Å². The van der Waals surface area contributed by atoms with Crippen molar-refractivity contribution in [1.82, 2.24) is 0 Å². The predicted octanol–water partition coefficient (Wildman–Crippen LogP) is -0.950. The van der Waals surface area contributed by atoms with Crippen molar-refractivity contribution >= 4 is 44.7 Å². The summed E-state index contributed by atoms with van der Waals surface area (Å²) >= 11 is 0. The molecule has 0 unspecified atom stereocenters. The van der Waals surface area contributed by atoms with E-state index in [1.807, 2.05) is 0 Å². The number of rotatable bonds is 2. The van der Waals surface area contributed by atoms with E-state index in [4.69, 9.17) is 24.7 Å². The Balaban J connectivity index is 0. The van der Waals surface area contributed by atoms with E-state index in [0.717, 1.165) is 0 Å². The Morgan fingerprint density at radius 1 is 1.00 bits per heavy atom. The Bertz CT molecular complexity index is 235. The van der Waals surface area contributed by atoms with Crippen LogP contribution >= 0.6 is 15.2 Å². The number of hydrogen-bond donors (Lipinski definition) is 5. The molecular weight excluding hydrogens is 221 g/mol. The van der Waals surface area contributed by atoms with Crippen molar-refractivity contribution in [3.8, 4) is 0 Å². The van der Waals surface area contributed by atoms with Gasteiger partial charge in [0.05, 0.1) is 0 Å². The molecule has 5 N–H and O–H groups in total. The van der Waals surface area contributed by atoms with Gasteiger partial charge in [0.2, 0.25) is 0 Å². The maximum atomic E-state index is 10.2. The molecule has 0 saturated heterocycles. The van der Waals surface area contributed by atoms with Crippen molar-refractivity contribution in [3.05, 3.63) is 11.3 Å². The summed E-state index contributed by atoms with van der Waals surface area (Å²) in [6.07, 6.45) is -0.276. The molecule has 0 aliphatic rings. The van der Waals surface area contributed by atoms with Crippen LogP contribution in [0, 0.1) is 0 Å². The van der Waals surface area contributed by atoms with Gasteiger partial charge in [0.1, 0.15) is 6.26 Å². The van der Waals surface area contributed by atoms with Crippen molar-refractivity contribution in [2.75, 3.05) is 0 Å². The number of hydrogen-bond acceptors (Lipinski definition) is 3. The Morgan fingerprint density at radius 3 is 1.25 bits per heavy atom. The molecule has 68 valence electrons. The Morgan fingerprint density at radius 2 is 1.25 bits per heavy atom. The molecule has 0 fully saturated rings. The first-order chi connectivity index (χ1) is 4.69. The molecule has 0 aromatic carbocycles. The molecule has 0 amide bonds. The van der Waals surface area contributed by atoms with Gasteiger partial charge in [-0.15, -0.1) is 0 Å². The summed E-state index contributed by atoms with van der Waals surface area (Å²) in [7, 11) is -10.1. The van der Waals surface area contributed by atoms with Gasteiger partial charge >= 0.3 is 44.7 Å². The Hall–Kier alpha value is 0.840. The fourth-order valence-corrected chi connectivity index (χ4v) is 1.98. The van der Waals surface area contributed by atoms with Gasteiger partial charge in [-0.1, -0.05) is 0 Å². The van der Waals surface area contributed by atoms with Gasteiger partial charge in [0.25, 0.3) is 0 Å². The standard InChI is InChI=1S/C2H6O7P2.Na.H/c3-1-2(10(4,5)6)11(7,8)9;;/h1,3H,(H2,4,5,6)(H2,7,8,9);;. The molecule has 0 aromatic rings. The van der Waals surface area contributed by atoms with E-state index in [-0.39, 0.29) is 35.8 Å². The van der Waals surface area contributed by atoms with E-state index in [1.165, 1.54) is 0 Å². The zero-order chi connectivity index (χ0) is 9.28. The summed E-state index contributed by atoms with van der Waals surface area (Å²) in [6.45, 7) is 0. The molecule has 0 radical (unpaired) electrons. The Labute approximate surface area is 89.7 Å². The molecule has 0 heterocycles. The molecule has 0 bridgehead atoms. The molecule has 0 atom stereocenters. The van der Waals surface area contributed by atoms with E-state index in [1.54, 1.807) is 0 Å². The minimum absolute atomic E-state index is 0. The van der Waals surface area contributed by atoms with Crippen LogP contribution in [0.2, 0.25) is 0 Å². The van der Waals surface area contributed by atoms with Gasteiger partial charge in [-0.3, -0.25) is 9.13 Å². The second-order valence-corrected chi connectivity index (χ2v) is 5.07. The van der Waals surface area contributed by atoms with Crippen molar-refractivity contribution in [3.63, 3.8) is 0 Å². The molecule has 7 nitrogen and oxygen atoms in total. The summed E-state index contributed by atoms with van der Waals surface area (Å²) in [5.41, 5.74) is 0. The maximum absolute atomic E-state index is 10.2. The second kappa shape index (κ2) is 4.91. The molecular formula is C2H7NaO7P2. The molecule has 0 aliphatic carbocycles. The summed E-state index contributed by atoms with van der Waals surface area (Å²) in [4.78, 5) is 32.8. The predicted molar refractivity (Wildman–Crippen MR) is 41.9 cm³/mol.